The molecule has 2 aromatic rings. The number of hydrogen-bond donors (Lipinski definition) is 1. The minimum absolute atomic E-state index is 0.0129. The average molecular weight is 381 g/mol. The van der Waals surface area contributed by atoms with Crippen LogP contribution in [0.3, 0.4) is 0 Å². The first-order chi connectivity index (χ1) is 11.7. The monoisotopic (exact) mass is 381 g/mol. The Kier molecular flexibility index (Phi) is 5.64. The van der Waals surface area contributed by atoms with Crippen LogP contribution in [0.4, 0.5) is 5.69 Å². The first-order valence-electron chi connectivity index (χ1n) is 7.67. The van der Waals surface area contributed by atoms with Gasteiger partial charge in [-0.1, -0.05) is 26.0 Å². The number of rotatable bonds is 6. The topological polar surface area (TPSA) is 97.4 Å². The normalized spacial score (nSPS) is 11.9. The minimum Gasteiger partial charge on any atom is -0.322 e. The van der Waals surface area contributed by atoms with Crippen LogP contribution in [0.1, 0.15) is 24.2 Å². The fourth-order valence-electron chi connectivity index (χ4n) is 2.19. The Bertz CT molecular complexity index is 978. The maximum atomic E-state index is 12.4. The maximum absolute atomic E-state index is 12.4. The van der Waals surface area contributed by atoms with E-state index in [1.807, 2.05) is 0 Å². The highest BCUT2D eigenvalue weighted by molar-refractivity contribution is 7.91. The van der Waals surface area contributed by atoms with Gasteiger partial charge in [0.1, 0.15) is 0 Å². The third-order valence-corrected chi connectivity index (χ3v) is 7.23. The second-order valence-electron chi connectivity index (χ2n) is 5.28. The third kappa shape index (κ3) is 4.26. The quantitative estimate of drug-likeness (QED) is 0.829. The number of benzene rings is 2. The number of sulfone groups is 2. The molecule has 0 radical (unpaired) electrons. The molecule has 0 heterocycles. The van der Waals surface area contributed by atoms with Gasteiger partial charge in [0, 0.05) is 5.69 Å². The summed E-state index contributed by atoms with van der Waals surface area (Å²) in [6.07, 6.45) is 0. The average Bonchev–Trinajstić information content (AvgIpc) is 2.62. The molecule has 25 heavy (non-hydrogen) atoms. The van der Waals surface area contributed by atoms with Crippen molar-refractivity contribution in [3.8, 4) is 0 Å². The molecule has 0 saturated heterocycles. The summed E-state index contributed by atoms with van der Waals surface area (Å²) in [4.78, 5) is 12.6. The number of nitrogens with one attached hydrogen (secondary N) is 1. The molecule has 2 aromatic carbocycles. The van der Waals surface area contributed by atoms with E-state index < -0.39 is 25.6 Å². The molecule has 0 spiro atoms. The van der Waals surface area contributed by atoms with Crippen molar-refractivity contribution >= 4 is 31.3 Å². The maximum Gasteiger partial charge on any atom is 0.256 e. The van der Waals surface area contributed by atoms with Crippen LogP contribution in [0.25, 0.3) is 0 Å². The van der Waals surface area contributed by atoms with Crippen molar-refractivity contribution in [1.29, 1.82) is 0 Å². The van der Waals surface area contributed by atoms with Crippen molar-refractivity contribution in [3.05, 3.63) is 54.1 Å². The van der Waals surface area contributed by atoms with Crippen LogP contribution in [0, 0.1) is 0 Å². The van der Waals surface area contributed by atoms with Crippen molar-refractivity contribution < 1.29 is 21.6 Å². The van der Waals surface area contributed by atoms with Gasteiger partial charge in [-0.25, -0.2) is 16.8 Å². The van der Waals surface area contributed by atoms with E-state index in [-0.39, 0.29) is 26.9 Å². The van der Waals surface area contributed by atoms with E-state index in [1.165, 1.54) is 43.3 Å². The molecule has 0 fully saturated rings. The van der Waals surface area contributed by atoms with Crippen LogP contribution in [-0.2, 0) is 19.7 Å². The van der Waals surface area contributed by atoms with Crippen molar-refractivity contribution in [1.82, 2.24) is 0 Å². The van der Waals surface area contributed by atoms with Gasteiger partial charge in [-0.3, -0.25) is 4.79 Å². The first kappa shape index (κ1) is 19.1. The van der Waals surface area contributed by atoms with Crippen molar-refractivity contribution in [3.63, 3.8) is 0 Å². The van der Waals surface area contributed by atoms with Gasteiger partial charge in [0.15, 0.2) is 19.7 Å². The molecule has 0 atom stereocenters. The van der Waals surface area contributed by atoms with Crippen LogP contribution in [0.5, 0.6) is 0 Å². The van der Waals surface area contributed by atoms with Gasteiger partial charge in [0.05, 0.1) is 26.9 Å². The van der Waals surface area contributed by atoms with Crippen LogP contribution in [0.15, 0.2) is 58.3 Å². The lowest BCUT2D eigenvalue weighted by molar-refractivity contribution is 0.102. The van der Waals surface area contributed by atoms with Gasteiger partial charge in [-0.05, 0) is 36.4 Å². The zero-order valence-electron chi connectivity index (χ0n) is 13.9. The van der Waals surface area contributed by atoms with Gasteiger partial charge in [-0.15, -0.1) is 0 Å². The van der Waals surface area contributed by atoms with Crippen molar-refractivity contribution in [2.24, 2.45) is 0 Å². The molecular formula is C17H19NO5S2. The van der Waals surface area contributed by atoms with Gasteiger partial charge >= 0.3 is 0 Å². The molecule has 8 heteroatoms. The third-order valence-electron chi connectivity index (χ3n) is 3.70. The Balaban J connectivity index is 2.30. The molecule has 0 aliphatic rings. The molecule has 1 N–H and O–H groups in total. The number of carbonyl (C=O) groups is 1. The summed E-state index contributed by atoms with van der Waals surface area (Å²) < 4.78 is 47.8. The SMILES string of the molecule is CCS(=O)(=O)c1ccc(NC(=O)c2ccccc2S(=O)(=O)CC)cc1. The lowest BCUT2D eigenvalue weighted by Crippen LogP contribution is -2.17. The highest BCUT2D eigenvalue weighted by atomic mass is 32.2. The Labute approximate surface area is 147 Å². The van der Waals surface area contributed by atoms with Gasteiger partial charge in [0.25, 0.3) is 5.91 Å². The number of hydrogen-bond acceptors (Lipinski definition) is 5. The molecule has 0 saturated carbocycles. The number of carbonyl (C=O) groups excluding carboxylic acids is 1. The Morgan fingerprint density at radius 1 is 0.840 bits per heavy atom. The fourth-order valence-corrected chi connectivity index (χ4v) is 4.17. The molecule has 0 bridgehead atoms. The summed E-state index contributed by atoms with van der Waals surface area (Å²) in [6, 6.07) is 11.7. The largest absolute Gasteiger partial charge is 0.322 e. The number of amides is 1. The lowest BCUT2D eigenvalue weighted by atomic mass is 10.2. The summed E-state index contributed by atoms with van der Waals surface area (Å²) in [6.45, 7) is 3.06. The van der Waals surface area contributed by atoms with Crippen LogP contribution < -0.4 is 5.32 Å². The highest BCUT2D eigenvalue weighted by Crippen LogP contribution is 2.20. The Hall–Kier alpha value is -2.19. The smallest absolute Gasteiger partial charge is 0.256 e. The molecule has 0 unspecified atom stereocenters. The molecule has 2 rings (SSSR count). The second kappa shape index (κ2) is 7.37. The standard InChI is InChI=1S/C17H19NO5S2/c1-3-24(20,21)14-11-9-13(10-12-14)18-17(19)15-7-5-6-8-16(15)25(22,23)4-2/h5-12H,3-4H2,1-2H3,(H,18,19). The van der Waals surface area contributed by atoms with Crippen molar-refractivity contribution in [2.75, 3.05) is 16.8 Å². The molecule has 0 aliphatic heterocycles. The van der Waals surface area contributed by atoms with E-state index in [9.17, 15) is 21.6 Å². The van der Waals surface area contributed by atoms with Crippen molar-refractivity contribution in [2.45, 2.75) is 23.6 Å². The first-order valence-corrected chi connectivity index (χ1v) is 11.0. The van der Waals surface area contributed by atoms with E-state index >= 15 is 0 Å². The fraction of sp³-hybridized carbons (Fsp3) is 0.235. The molecule has 1 amide bonds. The highest BCUT2D eigenvalue weighted by Gasteiger charge is 2.20. The zero-order valence-corrected chi connectivity index (χ0v) is 15.5. The van der Waals surface area contributed by atoms with E-state index in [2.05, 4.69) is 5.32 Å². The van der Waals surface area contributed by atoms with Gasteiger partial charge in [-0.2, -0.15) is 0 Å². The zero-order chi connectivity index (χ0) is 18.7. The van der Waals surface area contributed by atoms with E-state index in [0.717, 1.165) is 0 Å². The predicted octanol–water partition coefficient (Wildman–Crippen LogP) is 2.53. The number of anilines is 1. The van der Waals surface area contributed by atoms with Gasteiger partial charge in [0.2, 0.25) is 0 Å². The Morgan fingerprint density at radius 3 is 1.96 bits per heavy atom. The van der Waals surface area contributed by atoms with Crippen LogP contribution >= 0.6 is 0 Å². The summed E-state index contributed by atoms with van der Waals surface area (Å²) >= 11 is 0. The molecule has 0 aromatic heterocycles. The Morgan fingerprint density at radius 2 is 1.40 bits per heavy atom. The van der Waals surface area contributed by atoms with Crippen LogP contribution in [0.2, 0.25) is 0 Å². The molecular weight excluding hydrogens is 362 g/mol. The van der Waals surface area contributed by atoms with E-state index in [1.54, 1.807) is 19.1 Å². The summed E-state index contributed by atoms with van der Waals surface area (Å²) in [5.74, 6) is -0.694. The second-order valence-corrected chi connectivity index (χ2v) is 9.81. The predicted molar refractivity (Wildman–Crippen MR) is 96.3 cm³/mol. The van der Waals surface area contributed by atoms with Gasteiger partial charge < -0.3 is 5.32 Å². The van der Waals surface area contributed by atoms with E-state index in [0.29, 0.717) is 5.69 Å². The lowest BCUT2D eigenvalue weighted by Gasteiger charge is -2.10. The minimum atomic E-state index is -3.54. The van der Waals surface area contributed by atoms with Crippen LogP contribution in [-0.4, -0.2) is 34.2 Å². The molecule has 0 aliphatic carbocycles. The molecule has 134 valence electrons. The summed E-state index contributed by atoms with van der Waals surface area (Å²) in [5, 5.41) is 2.59. The summed E-state index contributed by atoms with van der Waals surface area (Å²) in [5.41, 5.74) is 0.429. The summed E-state index contributed by atoms with van der Waals surface area (Å²) in [7, 11) is -6.85. The molecule has 6 nitrogen and oxygen atoms in total. The van der Waals surface area contributed by atoms with E-state index in [4.69, 9.17) is 0 Å².